The number of halogens is 1. The molecule has 144 valence electrons. The van der Waals surface area contributed by atoms with Crippen LogP contribution in [0.1, 0.15) is 25.7 Å². The molecule has 0 aromatic rings. The van der Waals surface area contributed by atoms with Gasteiger partial charge >= 0.3 is 0 Å². The number of likely N-dealkylation sites (tertiary alicyclic amines) is 1. The Bertz CT molecular complexity index is 480. The van der Waals surface area contributed by atoms with E-state index in [1.54, 1.807) is 19.0 Å². The predicted molar refractivity (Wildman–Crippen MR) is 107 cm³/mol. The number of hydrogen-bond donors (Lipinski definition) is 2. The van der Waals surface area contributed by atoms with Gasteiger partial charge in [-0.1, -0.05) is 0 Å². The van der Waals surface area contributed by atoms with Crippen molar-refractivity contribution in [3.63, 3.8) is 0 Å². The van der Waals surface area contributed by atoms with Crippen LogP contribution in [0.5, 0.6) is 0 Å². The first-order chi connectivity index (χ1) is 11.5. The molecule has 0 saturated carbocycles. The van der Waals surface area contributed by atoms with Crippen molar-refractivity contribution in [2.45, 2.75) is 37.8 Å². The molecule has 2 N–H and O–H groups in total. The number of carbonyl (C=O) groups excluding carboxylic acids is 2. The van der Waals surface area contributed by atoms with Gasteiger partial charge in [-0.3, -0.25) is 9.59 Å². The summed E-state index contributed by atoms with van der Waals surface area (Å²) in [6, 6.07) is 0.137. The molecular weight excluding hydrogens is 437 g/mol. The quantitative estimate of drug-likeness (QED) is 0.339. The lowest BCUT2D eigenvalue weighted by atomic mass is 10.1. The maximum atomic E-state index is 11.8. The number of aliphatic imine (C=N–C) groups is 1. The van der Waals surface area contributed by atoms with Gasteiger partial charge in [-0.15, -0.1) is 24.0 Å². The van der Waals surface area contributed by atoms with E-state index >= 15 is 0 Å². The van der Waals surface area contributed by atoms with E-state index in [2.05, 4.69) is 15.6 Å². The van der Waals surface area contributed by atoms with Crippen LogP contribution in [0.25, 0.3) is 0 Å². The molecule has 9 heteroatoms. The standard InChI is InChI=1S/C16H29N5O3.HI/c1-20(2)15(23)10-18-16(17-9-13-5-4-8-24-13)19-12-6-7-14(22)21(3)11-12;/h12-13H,4-11H2,1-3H3,(H2,17,18,19);1H. The average molecular weight is 467 g/mol. The highest BCUT2D eigenvalue weighted by Crippen LogP contribution is 2.11. The van der Waals surface area contributed by atoms with Crippen LogP contribution in [0.15, 0.2) is 4.99 Å². The van der Waals surface area contributed by atoms with Crippen LogP contribution in [-0.2, 0) is 14.3 Å². The lowest BCUT2D eigenvalue weighted by Crippen LogP contribution is -2.52. The summed E-state index contributed by atoms with van der Waals surface area (Å²) in [6.07, 6.45) is 3.62. The van der Waals surface area contributed by atoms with E-state index in [1.807, 2.05) is 7.05 Å². The molecule has 25 heavy (non-hydrogen) atoms. The van der Waals surface area contributed by atoms with Gasteiger partial charge in [0, 0.05) is 53.3 Å². The van der Waals surface area contributed by atoms with Gasteiger partial charge in [0.05, 0.1) is 6.10 Å². The number of hydrogen-bond acceptors (Lipinski definition) is 4. The fourth-order valence-corrected chi connectivity index (χ4v) is 2.78. The Balaban J connectivity index is 0.00000312. The van der Waals surface area contributed by atoms with Crippen molar-refractivity contribution in [2.24, 2.45) is 4.99 Å². The molecule has 2 fully saturated rings. The van der Waals surface area contributed by atoms with Gasteiger partial charge in [0.1, 0.15) is 6.54 Å². The molecule has 2 rings (SSSR count). The fourth-order valence-electron chi connectivity index (χ4n) is 2.78. The van der Waals surface area contributed by atoms with E-state index in [9.17, 15) is 9.59 Å². The maximum Gasteiger partial charge on any atom is 0.243 e. The van der Waals surface area contributed by atoms with Crippen LogP contribution in [0.2, 0.25) is 0 Å². The number of piperidine rings is 1. The Labute approximate surface area is 166 Å². The van der Waals surface area contributed by atoms with Gasteiger partial charge in [-0.25, -0.2) is 4.99 Å². The van der Waals surface area contributed by atoms with Gasteiger partial charge in [0.2, 0.25) is 11.8 Å². The van der Waals surface area contributed by atoms with E-state index in [0.29, 0.717) is 25.5 Å². The zero-order valence-electron chi connectivity index (χ0n) is 15.3. The maximum absolute atomic E-state index is 11.8. The normalized spacial score (nSPS) is 23.9. The molecule has 2 heterocycles. The van der Waals surface area contributed by atoms with Gasteiger partial charge in [-0.05, 0) is 19.3 Å². The number of nitrogens with zero attached hydrogens (tertiary/aromatic N) is 3. The third-order valence-corrected chi connectivity index (χ3v) is 4.36. The van der Waals surface area contributed by atoms with Gasteiger partial charge in [0.15, 0.2) is 5.96 Å². The van der Waals surface area contributed by atoms with Gasteiger partial charge < -0.3 is 25.2 Å². The highest BCUT2D eigenvalue weighted by Gasteiger charge is 2.24. The molecule has 0 radical (unpaired) electrons. The molecule has 0 aromatic carbocycles. The average Bonchev–Trinajstić information content (AvgIpc) is 3.06. The topological polar surface area (TPSA) is 86.3 Å². The monoisotopic (exact) mass is 467 g/mol. The van der Waals surface area contributed by atoms with Crippen LogP contribution in [0.4, 0.5) is 0 Å². The molecule has 2 unspecified atom stereocenters. The first kappa shape index (κ1) is 21.9. The summed E-state index contributed by atoms with van der Waals surface area (Å²) in [4.78, 5) is 31.0. The summed E-state index contributed by atoms with van der Waals surface area (Å²) >= 11 is 0. The van der Waals surface area contributed by atoms with Crippen LogP contribution in [0, 0.1) is 0 Å². The van der Waals surface area contributed by atoms with Crippen molar-refractivity contribution in [2.75, 3.05) is 47.4 Å². The summed E-state index contributed by atoms with van der Waals surface area (Å²) in [6.45, 7) is 2.21. The number of guanidine groups is 1. The second-order valence-corrected chi connectivity index (χ2v) is 6.62. The molecule has 2 saturated heterocycles. The SMILES string of the molecule is CN(C)C(=O)CN=C(NCC1CCCO1)NC1CCC(=O)N(C)C1.I. The molecule has 2 atom stereocenters. The number of nitrogens with one attached hydrogen (secondary N) is 2. The van der Waals surface area contributed by atoms with Crippen LogP contribution >= 0.6 is 24.0 Å². The number of amides is 2. The number of ether oxygens (including phenoxy) is 1. The Morgan fingerprint density at radius 2 is 2.16 bits per heavy atom. The van der Waals surface area contributed by atoms with Crippen molar-refractivity contribution >= 4 is 41.8 Å². The molecule has 2 aliphatic rings. The second kappa shape index (κ2) is 10.8. The third kappa shape index (κ3) is 7.35. The van der Waals surface area contributed by atoms with Crippen LogP contribution in [0.3, 0.4) is 0 Å². The molecule has 0 aromatic heterocycles. The van der Waals surface area contributed by atoms with Crippen molar-refractivity contribution in [3.05, 3.63) is 0 Å². The van der Waals surface area contributed by atoms with Crippen molar-refractivity contribution in [1.29, 1.82) is 0 Å². The smallest absolute Gasteiger partial charge is 0.243 e. The molecule has 2 aliphatic heterocycles. The molecular formula is C16H30IN5O3. The van der Waals surface area contributed by atoms with Crippen molar-refractivity contribution < 1.29 is 14.3 Å². The first-order valence-corrected chi connectivity index (χ1v) is 8.56. The van der Waals surface area contributed by atoms with E-state index < -0.39 is 0 Å². The summed E-state index contributed by atoms with van der Waals surface area (Å²) in [5.74, 6) is 0.722. The zero-order chi connectivity index (χ0) is 17.5. The van der Waals surface area contributed by atoms with Gasteiger partial charge in [0.25, 0.3) is 0 Å². The van der Waals surface area contributed by atoms with E-state index in [-0.39, 0.29) is 54.5 Å². The van der Waals surface area contributed by atoms with Crippen LogP contribution < -0.4 is 10.6 Å². The largest absolute Gasteiger partial charge is 0.376 e. The second-order valence-electron chi connectivity index (χ2n) is 6.62. The van der Waals surface area contributed by atoms with E-state index in [1.165, 1.54) is 4.90 Å². The predicted octanol–water partition coefficient (Wildman–Crippen LogP) is 0.0276. The minimum atomic E-state index is -0.0517. The van der Waals surface area contributed by atoms with Crippen molar-refractivity contribution in [1.82, 2.24) is 20.4 Å². The highest BCUT2D eigenvalue weighted by atomic mass is 127. The number of carbonyl (C=O) groups is 2. The summed E-state index contributed by atoms with van der Waals surface area (Å²) in [5, 5.41) is 6.61. The molecule has 0 bridgehead atoms. The molecule has 0 aliphatic carbocycles. The van der Waals surface area contributed by atoms with Crippen LogP contribution in [-0.4, -0.2) is 87.1 Å². The Morgan fingerprint density at radius 3 is 2.76 bits per heavy atom. The van der Waals surface area contributed by atoms with Crippen molar-refractivity contribution in [3.8, 4) is 0 Å². The Kier molecular flexibility index (Phi) is 9.47. The van der Waals surface area contributed by atoms with E-state index in [0.717, 1.165) is 25.9 Å². The third-order valence-electron chi connectivity index (χ3n) is 4.36. The molecule has 8 nitrogen and oxygen atoms in total. The Morgan fingerprint density at radius 1 is 1.40 bits per heavy atom. The summed E-state index contributed by atoms with van der Waals surface area (Å²) in [5.41, 5.74) is 0. The first-order valence-electron chi connectivity index (χ1n) is 8.56. The zero-order valence-corrected chi connectivity index (χ0v) is 17.6. The summed E-state index contributed by atoms with van der Waals surface area (Å²) < 4.78 is 5.61. The highest BCUT2D eigenvalue weighted by molar-refractivity contribution is 14.0. The Hall–Kier alpha value is -1.10. The number of rotatable bonds is 5. The lowest BCUT2D eigenvalue weighted by Gasteiger charge is -2.31. The van der Waals surface area contributed by atoms with Gasteiger partial charge in [-0.2, -0.15) is 0 Å². The van der Waals surface area contributed by atoms with E-state index in [4.69, 9.17) is 4.74 Å². The summed E-state index contributed by atoms with van der Waals surface area (Å²) in [7, 11) is 5.24. The fraction of sp³-hybridized carbons (Fsp3) is 0.812. The lowest BCUT2D eigenvalue weighted by molar-refractivity contribution is -0.132. The number of likely N-dealkylation sites (N-methyl/N-ethyl adjacent to an activating group) is 2. The minimum Gasteiger partial charge on any atom is -0.376 e. The molecule has 2 amide bonds. The minimum absolute atomic E-state index is 0. The molecule has 0 spiro atoms.